The van der Waals surface area contributed by atoms with Crippen molar-refractivity contribution in [3.05, 3.63) is 60.3 Å². The first-order chi connectivity index (χ1) is 17.2. The molecule has 0 saturated carbocycles. The fraction of sp³-hybridized carbons (Fsp3) is 0.552. The van der Waals surface area contributed by atoms with Crippen LogP contribution in [0.2, 0.25) is 0 Å². The van der Waals surface area contributed by atoms with Crippen molar-refractivity contribution in [3.63, 3.8) is 0 Å². The van der Waals surface area contributed by atoms with Gasteiger partial charge >= 0.3 is 0 Å². The van der Waals surface area contributed by atoms with Crippen molar-refractivity contribution in [1.82, 2.24) is 20.1 Å². The first kappa shape index (κ1) is 26.6. The number of pyridine rings is 1. The summed E-state index contributed by atoms with van der Waals surface area (Å²) < 4.78 is 0. The van der Waals surface area contributed by atoms with Crippen LogP contribution in [-0.4, -0.2) is 64.1 Å². The number of aromatic nitrogens is 1. The molecule has 7 heteroatoms. The van der Waals surface area contributed by atoms with Gasteiger partial charge in [0.2, 0.25) is 5.91 Å². The van der Waals surface area contributed by atoms with E-state index in [4.69, 9.17) is 12.2 Å². The molecular weight excluding hydrogens is 466 g/mol. The van der Waals surface area contributed by atoms with Crippen LogP contribution < -0.4 is 10.2 Å². The van der Waals surface area contributed by atoms with Crippen molar-refractivity contribution in [3.8, 4) is 0 Å². The lowest BCUT2D eigenvalue weighted by Crippen LogP contribution is -2.49. The summed E-state index contributed by atoms with van der Waals surface area (Å²) in [5.41, 5.74) is 1.33. The van der Waals surface area contributed by atoms with E-state index >= 15 is 0 Å². The van der Waals surface area contributed by atoms with E-state index in [2.05, 4.69) is 83.0 Å². The average molecular weight is 508 g/mol. The van der Waals surface area contributed by atoms with Crippen molar-refractivity contribution in [2.24, 2.45) is 5.41 Å². The highest BCUT2D eigenvalue weighted by Gasteiger charge is 2.41. The molecule has 2 aliphatic rings. The lowest BCUT2D eigenvalue weighted by Gasteiger charge is -2.42. The van der Waals surface area contributed by atoms with E-state index in [9.17, 15) is 4.79 Å². The van der Waals surface area contributed by atoms with Gasteiger partial charge in [-0.1, -0.05) is 57.2 Å². The molecule has 2 saturated heterocycles. The molecule has 2 aliphatic heterocycles. The number of carbonyl (C=O) groups is 1. The van der Waals surface area contributed by atoms with E-state index in [0.29, 0.717) is 18.5 Å². The summed E-state index contributed by atoms with van der Waals surface area (Å²) in [6.07, 6.45) is 5.55. The molecule has 0 bridgehead atoms. The maximum atomic E-state index is 12.2. The van der Waals surface area contributed by atoms with Gasteiger partial charge in [-0.15, -0.1) is 0 Å². The molecule has 0 spiro atoms. The van der Waals surface area contributed by atoms with Gasteiger partial charge in [-0.05, 0) is 61.5 Å². The van der Waals surface area contributed by atoms with Gasteiger partial charge in [-0.3, -0.25) is 4.79 Å². The van der Waals surface area contributed by atoms with E-state index in [1.807, 2.05) is 24.4 Å². The van der Waals surface area contributed by atoms with Crippen molar-refractivity contribution in [1.29, 1.82) is 0 Å². The van der Waals surface area contributed by atoms with Crippen LogP contribution in [0.1, 0.15) is 65.0 Å². The molecular formula is C29H41N5OS. The summed E-state index contributed by atoms with van der Waals surface area (Å²) in [5.74, 6) is 1.07. The van der Waals surface area contributed by atoms with Crippen LogP contribution in [0.3, 0.4) is 0 Å². The van der Waals surface area contributed by atoms with Crippen LogP contribution in [-0.2, 0) is 4.79 Å². The number of anilines is 1. The maximum Gasteiger partial charge on any atom is 0.220 e. The van der Waals surface area contributed by atoms with E-state index in [-0.39, 0.29) is 17.4 Å². The van der Waals surface area contributed by atoms with Crippen molar-refractivity contribution in [2.75, 3.05) is 31.1 Å². The van der Waals surface area contributed by atoms with Crippen LogP contribution in [0.25, 0.3) is 0 Å². The zero-order valence-corrected chi connectivity index (χ0v) is 23.0. The van der Waals surface area contributed by atoms with Crippen LogP contribution in [0.4, 0.5) is 5.82 Å². The third-order valence-corrected chi connectivity index (χ3v) is 7.78. The smallest absolute Gasteiger partial charge is 0.220 e. The van der Waals surface area contributed by atoms with Gasteiger partial charge in [-0.25, -0.2) is 4.98 Å². The summed E-state index contributed by atoms with van der Waals surface area (Å²) in [5, 5.41) is 4.00. The maximum absolute atomic E-state index is 12.2. The second kappa shape index (κ2) is 11.7. The predicted octanol–water partition coefficient (Wildman–Crippen LogP) is 5.03. The van der Waals surface area contributed by atoms with Crippen molar-refractivity contribution < 1.29 is 4.79 Å². The number of rotatable bonds is 8. The summed E-state index contributed by atoms with van der Waals surface area (Å²) in [4.78, 5) is 24.0. The van der Waals surface area contributed by atoms with Crippen LogP contribution >= 0.6 is 12.2 Å². The minimum Gasteiger partial charge on any atom is -0.356 e. The highest BCUT2D eigenvalue weighted by molar-refractivity contribution is 7.80. The zero-order valence-electron chi connectivity index (χ0n) is 22.2. The number of likely N-dealkylation sites (tertiary alicyclic amines) is 1. The highest BCUT2D eigenvalue weighted by atomic mass is 32.1. The quantitative estimate of drug-likeness (QED) is 0.506. The van der Waals surface area contributed by atoms with E-state index < -0.39 is 0 Å². The molecule has 1 aromatic carbocycles. The van der Waals surface area contributed by atoms with Gasteiger partial charge < -0.3 is 20.0 Å². The first-order valence-corrected chi connectivity index (χ1v) is 13.7. The average Bonchev–Trinajstić information content (AvgIpc) is 3.21. The molecule has 2 aromatic rings. The largest absolute Gasteiger partial charge is 0.356 e. The number of hydrogen-bond donors (Lipinski definition) is 1. The molecule has 3 heterocycles. The number of hydrogen-bond acceptors (Lipinski definition) is 4. The standard InChI is InChI=1S/C29H41N5OS/c1-22(13-17-31-27(35)20-29(2,3)4)32-18-14-24(15-19-32)34-25(23-10-6-5-7-11-23)21-33(28(34)36)26-12-8-9-16-30-26/h5-12,16,22,24-25H,13-15,17-21H2,1-4H3,(H,31,35). The summed E-state index contributed by atoms with van der Waals surface area (Å²) in [7, 11) is 0. The number of benzene rings is 1. The topological polar surface area (TPSA) is 51.7 Å². The molecule has 2 atom stereocenters. The summed E-state index contributed by atoms with van der Waals surface area (Å²) in [6, 6.07) is 17.8. The minimum absolute atomic E-state index is 0.0253. The molecule has 6 nitrogen and oxygen atoms in total. The molecule has 1 aromatic heterocycles. The van der Waals surface area contributed by atoms with Gasteiger partial charge in [-0.2, -0.15) is 0 Å². The molecule has 2 fully saturated rings. The Bertz CT molecular complexity index is 1000. The van der Waals surface area contributed by atoms with Gasteiger partial charge in [0.25, 0.3) is 0 Å². The van der Waals surface area contributed by atoms with Crippen LogP contribution in [0.5, 0.6) is 0 Å². The lowest BCUT2D eigenvalue weighted by atomic mass is 9.92. The molecule has 2 unspecified atom stereocenters. The molecule has 1 N–H and O–H groups in total. The van der Waals surface area contributed by atoms with E-state index in [1.165, 1.54) is 5.56 Å². The first-order valence-electron chi connectivity index (χ1n) is 13.3. The highest BCUT2D eigenvalue weighted by Crippen LogP contribution is 2.36. The number of carbonyl (C=O) groups excluding carboxylic acids is 1. The van der Waals surface area contributed by atoms with Gasteiger partial charge in [0.1, 0.15) is 5.82 Å². The number of nitrogens with one attached hydrogen (secondary N) is 1. The fourth-order valence-corrected chi connectivity index (χ4v) is 5.86. The predicted molar refractivity (Wildman–Crippen MR) is 151 cm³/mol. The SMILES string of the molecule is CC(CCNC(=O)CC(C)(C)C)N1CCC(N2C(=S)N(c3ccccn3)CC2c2ccccc2)CC1. The number of nitrogens with zero attached hydrogens (tertiary/aromatic N) is 4. The Balaban J connectivity index is 1.36. The molecule has 36 heavy (non-hydrogen) atoms. The third-order valence-electron chi connectivity index (χ3n) is 7.34. The van der Waals surface area contributed by atoms with Gasteiger partial charge in [0, 0.05) is 44.3 Å². The Labute approximate surface area is 222 Å². The normalized spacial score (nSPS) is 20.6. The number of thiocarbonyl (C=S) groups is 1. The number of piperidine rings is 1. The van der Waals surface area contributed by atoms with Crippen LogP contribution in [0.15, 0.2) is 54.7 Å². The van der Waals surface area contributed by atoms with Crippen molar-refractivity contribution >= 4 is 29.1 Å². The Morgan fingerprint density at radius 3 is 2.44 bits per heavy atom. The second-order valence-electron chi connectivity index (χ2n) is 11.4. The molecule has 194 valence electrons. The minimum atomic E-state index is 0.0253. The van der Waals surface area contributed by atoms with Gasteiger partial charge in [0.05, 0.1) is 12.6 Å². The Morgan fingerprint density at radius 2 is 1.81 bits per heavy atom. The Morgan fingerprint density at radius 1 is 1.11 bits per heavy atom. The Kier molecular flexibility index (Phi) is 8.62. The molecule has 4 rings (SSSR count). The zero-order chi connectivity index (χ0) is 25.7. The van der Waals surface area contributed by atoms with Gasteiger partial charge in [0.15, 0.2) is 5.11 Å². The summed E-state index contributed by atoms with van der Waals surface area (Å²) in [6.45, 7) is 12.2. The molecule has 1 amide bonds. The van der Waals surface area contributed by atoms with Crippen LogP contribution in [0, 0.1) is 5.41 Å². The summed E-state index contributed by atoms with van der Waals surface area (Å²) >= 11 is 6.06. The number of amides is 1. The Hall–Kier alpha value is -2.51. The fourth-order valence-electron chi connectivity index (χ4n) is 5.42. The monoisotopic (exact) mass is 507 g/mol. The molecule has 0 radical (unpaired) electrons. The lowest BCUT2D eigenvalue weighted by molar-refractivity contribution is -0.122. The van der Waals surface area contributed by atoms with Crippen molar-refractivity contribution in [2.45, 2.75) is 71.5 Å². The van der Waals surface area contributed by atoms with E-state index in [1.54, 1.807) is 0 Å². The second-order valence-corrected chi connectivity index (χ2v) is 11.8. The molecule has 0 aliphatic carbocycles. The van der Waals surface area contributed by atoms with E-state index in [0.717, 1.165) is 56.4 Å². The third kappa shape index (κ3) is 6.62.